The van der Waals surface area contributed by atoms with Crippen LogP contribution in [0, 0.1) is 5.41 Å². The minimum absolute atomic E-state index is 0.253. The number of allylic oxidation sites excluding steroid dienone is 8. The molecule has 0 spiro atoms. The summed E-state index contributed by atoms with van der Waals surface area (Å²) in [7, 11) is 0. The predicted octanol–water partition coefficient (Wildman–Crippen LogP) is 10.9. The molecule has 0 saturated heterocycles. The van der Waals surface area contributed by atoms with Crippen molar-refractivity contribution in [3.8, 4) is 0 Å². The molecule has 0 radical (unpaired) electrons. The minimum Gasteiger partial charge on any atom is -0.293 e. The molecule has 0 bridgehead atoms. The minimum atomic E-state index is -0.253. The fraction of sp³-hybridized carbons (Fsp3) is 0.735. The van der Waals surface area contributed by atoms with Crippen molar-refractivity contribution in [2.45, 2.75) is 156 Å². The number of carbonyl (C=O) groups excluding carboxylic acids is 1. The van der Waals surface area contributed by atoms with Gasteiger partial charge in [0, 0.05) is 5.57 Å². The molecule has 0 atom stereocenters. The summed E-state index contributed by atoms with van der Waals surface area (Å²) in [5, 5.41) is 0. The predicted molar refractivity (Wildman–Crippen MR) is 153 cm³/mol. The molecule has 0 aliphatic heterocycles. The Morgan fingerprint density at radius 2 is 1.03 bits per heavy atom. The normalized spacial score (nSPS) is 18.8. The third-order valence-corrected chi connectivity index (χ3v) is 8.82. The number of carbonyl (C=O) groups is 1. The van der Waals surface area contributed by atoms with Gasteiger partial charge >= 0.3 is 0 Å². The van der Waals surface area contributed by atoms with Crippen molar-refractivity contribution in [2.75, 3.05) is 0 Å². The topological polar surface area (TPSA) is 17.1 Å². The fourth-order valence-electron chi connectivity index (χ4n) is 6.81. The Labute approximate surface area is 217 Å². The van der Waals surface area contributed by atoms with Crippen LogP contribution < -0.4 is 0 Å². The zero-order chi connectivity index (χ0) is 25.1. The van der Waals surface area contributed by atoms with Crippen molar-refractivity contribution >= 4 is 5.78 Å². The van der Waals surface area contributed by atoms with E-state index in [9.17, 15) is 4.79 Å². The molecule has 3 aliphatic rings. The molecule has 1 heteroatoms. The highest BCUT2D eigenvalue weighted by Gasteiger charge is 2.48. The summed E-state index contributed by atoms with van der Waals surface area (Å²) in [5.74, 6) is 0.472. The fourth-order valence-corrected chi connectivity index (χ4v) is 6.81. The molecule has 0 heterocycles. The third kappa shape index (κ3) is 7.33. The molecule has 0 N–H and O–H groups in total. The van der Waals surface area contributed by atoms with Crippen molar-refractivity contribution in [2.24, 2.45) is 5.41 Å². The summed E-state index contributed by atoms with van der Waals surface area (Å²) in [4.78, 5) is 14.2. The van der Waals surface area contributed by atoms with Crippen LogP contribution in [0.15, 0.2) is 45.6 Å². The van der Waals surface area contributed by atoms with Gasteiger partial charge in [-0.25, -0.2) is 0 Å². The first-order valence-corrected chi connectivity index (χ1v) is 15.4. The van der Waals surface area contributed by atoms with Gasteiger partial charge in [-0.15, -0.1) is 0 Å². The van der Waals surface area contributed by atoms with Gasteiger partial charge in [-0.3, -0.25) is 4.79 Å². The smallest absolute Gasteiger partial charge is 0.173 e. The van der Waals surface area contributed by atoms with Crippen LogP contribution in [0.2, 0.25) is 0 Å². The van der Waals surface area contributed by atoms with Crippen molar-refractivity contribution in [3.63, 3.8) is 0 Å². The Balaban J connectivity index is 1.66. The lowest BCUT2D eigenvalue weighted by Crippen LogP contribution is -2.37. The maximum Gasteiger partial charge on any atom is 0.173 e. The largest absolute Gasteiger partial charge is 0.293 e. The third-order valence-electron chi connectivity index (χ3n) is 8.82. The van der Waals surface area contributed by atoms with Crippen molar-refractivity contribution in [3.05, 3.63) is 45.6 Å². The summed E-state index contributed by atoms with van der Waals surface area (Å²) in [5.41, 5.74) is 8.00. The van der Waals surface area contributed by atoms with Gasteiger partial charge in [-0.05, 0) is 56.3 Å². The monoisotopic (exact) mass is 478 g/mol. The standard InChI is InChI=1S/C34H54O/c1-5-7-9-11-13-15-17-19-21-34(22-20-18-16-14-12-10-8-6-2)32-26-28(4)24-30(32)29-23-27(3)25-31(29)33(34)35/h25-26H,5-24H2,1-4H3. The van der Waals surface area contributed by atoms with Crippen LogP contribution >= 0.6 is 0 Å². The second kappa shape index (κ2) is 14.4. The van der Waals surface area contributed by atoms with Crippen LogP contribution in [0.3, 0.4) is 0 Å². The van der Waals surface area contributed by atoms with E-state index in [1.54, 1.807) is 0 Å². The van der Waals surface area contributed by atoms with E-state index < -0.39 is 0 Å². The number of unbranched alkanes of at least 4 members (excludes halogenated alkanes) is 14. The summed E-state index contributed by atoms with van der Waals surface area (Å²) in [6, 6.07) is 0. The highest BCUT2D eigenvalue weighted by Crippen LogP contribution is 2.55. The Bertz CT molecular complexity index is 811. The molecular weight excluding hydrogens is 424 g/mol. The zero-order valence-corrected chi connectivity index (χ0v) is 23.7. The number of Topliss-reactive ketones (excluding diaryl/α,β-unsaturated/α-hetero) is 1. The van der Waals surface area contributed by atoms with E-state index in [-0.39, 0.29) is 5.41 Å². The summed E-state index contributed by atoms with van der Waals surface area (Å²) in [6.45, 7) is 9.06. The van der Waals surface area contributed by atoms with Crippen LogP contribution in [0.25, 0.3) is 0 Å². The Kier molecular flexibility index (Phi) is 11.6. The first-order chi connectivity index (χ1) is 17.0. The molecule has 0 fully saturated rings. The lowest BCUT2D eigenvalue weighted by Gasteiger charge is -2.38. The highest BCUT2D eigenvalue weighted by atomic mass is 16.1. The number of hydrogen-bond acceptors (Lipinski definition) is 1. The molecule has 0 unspecified atom stereocenters. The van der Waals surface area contributed by atoms with Crippen LogP contribution in [-0.4, -0.2) is 5.78 Å². The second-order valence-electron chi connectivity index (χ2n) is 12.0. The first-order valence-electron chi connectivity index (χ1n) is 15.4. The van der Waals surface area contributed by atoms with E-state index in [0.717, 1.165) is 31.3 Å². The maximum atomic E-state index is 14.2. The van der Waals surface area contributed by atoms with Gasteiger partial charge in [0.2, 0.25) is 0 Å². The Morgan fingerprint density at radius 3 is 1.54 bits per heavy atom. The zero-order valence-electron chi connectivity index (χ0n) is 23.7. The number of fused-ring (bicyclic) bond motifs is 1. The van der Waals surface area contributed by atoms with Gasteiger partial charge in [-0.2, -0.15) is 0 Å². The van der Waals surface area contributed by atoms with Crippen molar-refractivity contribution in [1.29, 1.82) is 0 Å². The molecule has 35 heavy (non-hydrogen) atoms. The van der Waals surface area contributed by atoms with E-state index in [4.69, 9.17) is 0 Å². The Morgan fingerprint density at radius 1 is 0.600 bits per heavy atom. The molecule has 0 amide bonds. The second-order valence-corrected chi connectivity index (χ2v) is 12.0. The van der Waals surface area contributed by atoms with Gasteiger partial charge in [-0.1, -0.05) is 140 Å². The van der Waals surface area contributed by atoms with Gasteiger partial charge in [0.1, 0.15) is 0 Å². The first kappa shape index (κ1) is 28.2. The molecule has 1 nitrogen and oxygen atoms in total. The van der Waals surface area contributed by atoms with Gasteiger partial charge in [0.15, 0.2) is 5.78 Å². The van der Waals surface area contributed by atoms with Gasteiger partial charge in [0.25, 0.3) is 0 Å². The summed E-state index contributed by atoms with van der Waals surface area (Å²) < 4.78 is 0. The SMILES string of the molecule is CCCCCCCCCCC1(CCCCCCCCCC)C(=O)C2=C(CC(C)=C2)C2=C1C=C(C)C2. The van der Waals surface area contributed by atoms with E-state index >= 15 is 0 Å². The summed E-state index contributed by atoms with van der Waals surface area (Å²) >= 11 is 0. The van der Waals surface area contributed by atoms with E-state index in [2.05, 4.69) is 39.8 Å². The van der Waals surface area contributed by atoms with E-state index in [1.807, 2.05) is 0 Å². The lowest BCUT2D eigenvalue weighted by molar-refractivity contribution is -0.123. The number of rotatable bonds is 18. The maximum absolute atomic E-state index is 14.2. The van der Waals surface area contributed by atoms with Crippen molar-refractivity contribution in [1.82, 2.24) is 0 Å². The van der Waals surface area contributed by atoms with Crippen LogP contribution in [-0.2, 0) is 4.79 Å². The summed E-state index contributed by atoms with van der Waals surface area (Å²) in [6.07, 6.45) is 30.1. The molecule has 0 aromatic rings. The number of ketones is 1. The molecule has 0 aromatic carbocycles. The Hall–Kier alpha value is -1.37. The average Bonchev–Trinajstić information content (AvgIpc) is 3.43. The van der Waals surface area contributed by atoms with Gasteiger partial charge < -0.3 is 0 Å². The van der Waals surface area contributed by atoms with Crippen molar-refractivity contribution < 1.29 is 4.79 Å². The van der Waals surface area contributed by atoms with Crippen LogP contribution in [0.5, 0.6) is 0 Å². The van der Waals surface area contributed by atoms with Crippen LogP contribution in [0.1, 0.15) is 156 Å². The molecule has 3 aliphatic carbocycles. The number of hydrogen-bond donors (Lipinski definition) is 0. The lowest BCUT2D eigenvalue weighted by atomic mass is 9.63. The van der Waals surface area contributed by atoms with Gasteiger partial charge in [0.05, 0.1) is 5.41 Å². The molecular formula is C34H54O. The molecule has 0 saturated carbocycles. The van der Waals surface area contributed by atoms with E-state index in [1.165, 1.54) is 131 Å². The quantitative estimate of drug-likeness (QED) is 0.179. The molecule has 196 valence electrons. The molecule has 0 aromatic heterocycles. The average molecular weight is 479 g/mol. The molecule has 3 rings (SSSR count). The highest BCUT2D eigenvalue weighted by molar-refractivity contribution is 6.09. The van der Waals surface area contributed by atoms with Crippen LogP contribution in [0.4, 0.5) is 0 Å². The van der Waals surface area contributed by atoms with E-state index in [0.29, 0.717) is 5.78 Å².